The van der Waals surface area contributed by atoms with Gasteiger partial charge in [-0.25, -0.2) is 0 Å². The average molecular weight is 263 g/mol. The van der Waals surface area contributed by atoms with E-state index in [-0.39, 0.29) is 11.7 Å². The molecule has 0 saturated carbocycles. The maximum atomic E-state index is 12.2. The summed E-state index contributed by atoms with van der Waals surface area (Å²) in [6, 6.07) is 6.79. The van der Waals surface area contributed by atoms with Gasteiger partial charge in [0.2, 0.25) is 5.91 Å². The molecule has 1 unspecified atom stereocenters. The number of likely N-dealkylation sites (tertiary alicyclic amines) is 1. The molecule has 1 fully saturated rings. The minimum Gasteiger partial charge on any atom is -0.508 e. The summed E-state index contributed by atoms with van der Waals surface area (Å²) in [7, 11) is 0. The number of benzene rings is 1. The summed E-state index contributed by atoms with van der Waals surface area (Å²) in [4.78, 5) is 14.0. The van der Waals surface area contributed by atoms with E-state index in [1.807, 2.05) is 17.9 Å². The van der Waals surface area contributed by atoms with E-state index in [4.69, 9.17) is 0 Å². The first-order valence-corrected chi connectivity index (χ1v) is 6.74. The number of aromatic hydroxyl groups is 1. The predicted octanol–water partition coefficient (Wildman–Crippen LogP) is 1.70. The quantitative estimate of drug-likeness (QED) is 0.853. The summed E-state index contributed by atoms with van der Waals surface area (Å²) in [5.74, 6) is 0.243. The van der Waals surface area contributed by atoms with Gasteiger partial charge in [0.15, 0.2) is 0 Å². The van der Waals surface area contributed by atoms with Crippen LogP contribution in [0.4, 0.5) is 0 Å². The Morgan fingerprint density at radius 2 is 2.16 bits per heavy atom. The maximum Gasteiger partial charge on any atom is 0.226 e. The Morgan fingerprint density at radius 3 is 2.89 bits per heavy atom. The zero-order chi connectivity index (χ0) is 13.9. The molecule has 1 heterocycles. The first-order chi connectivity index (χ1) is 8.96. The maximum absolute atomic E-state index is 12.2. The van der Waals surface area contributed by atoms with Crippen LogP contribution in [0.1, 0.15) is 31.7 Å². The van der Waals surface area contributed by atoms with Gasteiger partial charge in [0.05, 0.1) is 12.0 Å². The number of amides is 1. The second-order valence-electron chi connectivity index (χ2n) is 5.58. The zero-order valence-electron chi connectivity index (χ0n) is 11.3. The fraction of sp³-hybridized carbons (Fsp3) is 0.533. The highest BCUT2D eigenvalue weighted by molar-refractivity contribution is 5.78. The van der Waals surface area contributed by atoms with Crippen LogP contribution in [-0.2, 0) is 11.2 Å². The van der Waals surface area contributed by atoms with Crippen molar-refractivity contribution in [3.8, 4) is 5.75 Å². The van der Waals surface area contributed by atoms with Gasteiger partial charge in [-0.1, -0.05) is 12.1 Å². The van der Waals surface area contributed by atoms with Crippen LogP contribution >= 0.6 is 0 Å². The molecule has 104 valence electrons. The molecular weight excluding hydrogens is 242 g/mol. The molecule has 4 heteroatoms. The predicted molar refractivity (Wildman–Crippen MR) is 72.9 cm³/mol. The Bertz CT molecular complexity index is 456. The smallest absolute Gasteiger partial charge is 0.226 e. The van der Waals surface area contributed by atoms with E-state index < -0.39 is 5.60 Å². The van der Waals surface area contributed by atoms with Gasteiger partial charge in [0.1, 0.15) is 5.75 Å². The Morgan fingerprint density at radius 1 is 1.37 bits per heavy atom. The second-order valence-corrected chi connectivity index (χ2v) is 5.58. The number of phenols is 1. The molecule has 0 spiro atoms. The van der Waals surface area contributed by atoms with Crippen molar-refractivity contribution in [3.63, 3.8) is 0 Å². The largest absolute Gasteiger partial charge is 0.508 e. The number of nitrogens with zero attached hydrogens (tertiary/aromatic N) is 1. The lowest BCUT2D eigenvalue weighted by Crippen LogP contribution is -2.34. The molecule has 2 N–H and O–H groups in total. The number of phenolic OH excluding ortho intramolecular Hbond substituents is 1. The molecule has 2 rings (SSSR count). The van der Waals surface area contributed by atoms with Gasteiger partial charge in [-0.05, 0) is 43.9 Å². The van der Waals surface area contributed by atoms with Crippen LogP contribution in [0.3, 0.4) is 0 Å². The Kier molecular flexibility index (Phi) is 4.10. The number of hydrogen-bond donors (Lipinski definition) is 2. The van der Waals surface area contributed by atoms with E-state index in [2.05, 4.69) is 0 Å². The van der Waals surface area contributed by atoms with Crippen LogP contribution in [0.25, 0.3) is 0 Å². The molecule has 1 amide bonds. The van der Waals surface area contributed by atoms with Crippen LogP contribution in [0.5, 0.6) is 5.75 Å². The SMILES string of the molecule is CC1(O)CCCN(C(=O)Cc2cccc(O)c2)CC1. The lowest BCUT2D eigenvalue weighted by Gasteiger charge is -2.22. The van der Waals surface area contributed by atoms with E-state index in [1.165, 1.54) is 0 Å². The zero-order valence-corrected chi connectivity index (χ0v) is 11.3. The third-order valence-corrected chi connectivity index (χ3v) is 3.68. The van der Waals surface area contributed by atoms with Gasteiger partial charge < -0.3 is 15.1 Å². The monoisotopic (exact) mass is 263 g/mol. The number of aliphatic hydroxyl groups is 1. The Balaban J connectivity index is 1.96. The number of carbonyl (C=O) groups is 1. The number of hydrogen-bond acceptors (Lipinski definition) is 3. The first kappa shape index (κ1) is 13.9. The normalized spacial score (nSPS) is 24.0. The molecule has 1 saturated heterocycles. The van der Waals surface area contributed by atoms with Crippen molar-refractivity contribution in [1.82, 2.24) is 4.90 Å². The molecule has 4 nitrogen and oxygen atoms in total. The minimum absolute atomic E-state index is 0.0586. The van der Waals surface area contributed by atoms with Gasteiger partial charge in [-0.2, -0.15) is 0 Å². The van der Waals surface area contributed by atoms with Gasteiger partial charge in [0.25, 0.3) is 0 Å². The Labute approximate surface area is 113 Å². The van der Waals surface area contributed by atoms with E-state index in [0.29, 0.717) is 25.9 Å². The third-order valence-electron chi connectivity index (χ3n) is 3.68. The summed E-state index contributed by atoms with van der Waals surface area (Å²) in [6.07, 6.45) is 2.50. The lowest BCUT2D eigenvalue weighted by atomic mass is 9.98. The van der Waals surface area contributed by atoms with Crippen LogP contribution in [0.2, 0.25) is 0 Å². The van der Waals surface area contributed by atoms with Crippen molar-refractivity contribution in [2.45, 2.75) is 38.2 Å². The van der Waals surface area contributed by atoms with Gasteiger partial charge in [-0.15, -0.1) is 0 Å². The van der Waals surface area contributed by atoms with Crippen LogP contribution in [-0.4, -0.2) is 39.7 Å². The molecule has 1 aliphatic rings. The molecule has 0 aliphatic carbocycles. The fourth-order valence-electron chi connectivity index (χ4n) is 2.47. The standard InChI is InChI=1S/C15H21NO3/c1-15(19)6-3-8-16(9-7-15)14(18)11-12-4-2-5-13(17)10-12/h2,4-5,10,17,19H,3,6-9,11H2,1H3. The summed E-state index contributed by atoms with van der Waals surface area (Å²) in [6.45, 7) is 3.13. The molecule has 1 atom stereocenters. The fourth-order valence-corrected chi connectivity index (χ4v) is 2.47. The van der Waals surface area contributed by atoms with E-state index in [9.17, 15) is 15.0 Å². The molecule has 0 bridgehead atoms. The third kappa shape index (κ3) is 3.96. The van der Waals surface area contributed by atoms with Crippen molar-refractivity contribution in [2.75, 3.05) is 13.1 Å². The molecule has 0 radical (unpaired) electrons. The van der Waals surface area contributed by atoms with Crippen LogP contribution in [0.15, 0.2) is 24.3 Å². The van der Waals surface area contributed by atoms with Crippen molar-refractivity contribution in [3.05, 3.63) is 29.8 Å². The first-order valence-electron chi connectivity index (χ1n) is 6.74. The Hall–Kier alpha value is -1.55. The summed E-state index contributed by atoms with van der Waals surface area (Å²) >= 11 is 0. The van der Waals surface area contributed by atoms with Crippen molar-refractivity contribution in [2.24, 2.45) is 0 Å². The minimum atomic E-state index is -0.653. The highest BCUT2D eigenvalue weighted by Gasteiger charge is 2.26. The van der Waals surface area contributed by atoms with Crippen LogP contribution in [0, 0.1) is 0 Å². The highest BCUT2D eigenvalue weighted by Crippen LogP contribution is 2.22. The lowest BCUT2D eigenvalue weighted by molar-refractivity contribution is -0.130. The second kappa shape index (κ2) is 5.61. The van der Waals surface area contributed by atoms with Crippen molar-refractivity contribution in [1.29, 1.82) is 0 Å². The molecule has 1 aromatic rings. The van der Waals surface area contributed by atoms with Crippen molar-refractivity contribution < 1.29 is 15.0 Å². The highest BCUT2D eigenvalue weighted by atomic mass is 16.3. The van der Waals surface area contributed by atoms with Gasteiger partial charge in [-0.3, -0.25) is 4.79 Å². The van der Waals surface area contributed by atoms with Gasteiger partial charge >= 0.3 is 0 Å². The molecule has 1 aliphatic heterocycles. The summed E-state index contributed by atoms with van der Waals surface area (Å²) < 4.78 is 0. The molecule has 19 heavy (non-hydrogen) atoms. The number of rotatable bonds is 2. The van der Waals surface area contributed by atoms with Crippen LogP contribution < -0.4 is 0 Å². The summed E-state index contributed by atoms with van der Waals surface area (Å²) in [5.41, 5.74) is 0.168. The molecular formula is C15H21NO3. The summed E-state index contributed by atoms with van der Waals surface area (Å²) in [5, 5.41) is 19.4. The van der Waals surface area contributed by atoms with E-state index in [0.717, 1.165) is 18.4 Å². The molecule has 0 aromatic heterocycles. The topological polar surface area (TPSA) is 60.8 Å². The van der Waals surface area contributed by atoms with Crippen molar-refractivity contribution >= 4 is 5.91 Å². The number of carbonyl (C=O) groups excluding carboxylic acids is 1. The van der Waals surface area contributed by atoms with E-state index >= 15 is 0 Å². The average Bonchev–Trinajstić information content (AvgIpc) is 2.50. The van der Waals surface area contributed by atoms with E-state index in [1.54, 1.807) is 18.2 Å². The van der Waals surface area contributed by atoms with Gasteiger partial charge in [0, 0.05) is 13.1 Å². The molecule has 1 aromatic carbocycles.